The average molecular weight is 263 g/mol. The van der Waals surface area contributed by atoms with Gasteiger partial charge < -0.3 is 14.7 Å². The number of aliphatic hydroxyl groups excluding tert-OH is 1. The number of rotatable bonds is 5. The highest BCUT2D eigenvalue weighted by atomic mass is 16.5. The minimum absolute atomic E-state index is 0.132. The molecule has 1 amide bonds. The van der Waals surface area contributed by atoms with E-state index in [1.165, 1.54) is 0 Å². The van der Waals surface area contributed by atoms with Crippen molar-refractivity contribution in [3.63, 3.8) is 0 Å². The van der Waals surface area contributed by atoms with Crippen molar-refractivity contribution in [3.05, 3.63) is 29.8 Å². The van der Waals surface area contributed by atoms with Gasteiger partial charge in [-0.2, -0.15) is 0 Å². The molecule has 104 valence electrons. The Morgan fingerprint density at radius 1 is 1.47 bits per heavy atom. The third-order valence-electron chi connectivity index (χ3n) is 3.50. The van der Waals surface area contributed by atoms with E-state index in [1.54, 1.807) is 12.0 Å². The molecule has 0 bridgehead atoms. The van der Waals surface area contributed by atoms with Crippen LogP contribution in [0.15, 0.2) is 24.3 Å². The molecule has 2 rings (SSSR count). The number of methoxy groups -OCH3 is 1. The van der Waals surface area contributed by atoms with E-state index in [0.29, 0.717) is 19.5 Å². The monoisotopic (exact) mass is 263 g/mol. The van der Waals surface area contributed by atoms with Crippen LogP contribution in [-0.2, 0) is 11.2 Å². The van der Waals surface area contributed by atoms with Crippen LogP contribution in [0.2, 0.25) is 0 Å². The molecular weight excluding hydrogens is 242 g/mol. The van der Waals surface area contributed by atoms with Gasteiger partial charge in [0.2, 0.25) is 5.91 Å². The number of likely N-dealkylation sites (tertiary alicyclic amines) is 1. The zero-order valence-electron chi connectivity index (χ0n) is 11.5. The molecule has 0 spiro atoms. The van der Waals surface area contributed by atoms with Crippen LogP contribution in [0.3, 0.4) is 0 Å². The van der Waals surface area contributed by atoms with Crippen LogP contribution >= 0.6 is 0 Å². The summed E-state index contributed by atoms with van der Waals surface area (Å²) in [5.41, 5.74) is 1.13. The molecule has 1 N–H and O–H groups in total. The molecule has 0 radical (unpaired) electrons. The number of ether oxygens (including phenoxy) is 1. The lowest BCUT2D eigenvalue weighted by Crippen LogP contribution is -2.53. The molecule has 1 fully saturated rings. The molecule has 1 aromatic carbocycles. The summed E-state index contributed by atoms with van der Waals surface area (Å²) in [5.74, 6) is 1.27. The molecule has 4 heteroatoms. The van der Waals surface area contributed by atoms with Crippen molar-refractivity contribution >= 4 is 5.91 Å². The number of para-hydroxylation sites is 1. The van der Waals surface area contributed by atoms with Gasteiger partial charge in [0.15, 0.2) is 0 Å². The minimum atomic E-state index is -0.325. The molecule has 0 aromatic heterocycles. The number of carbonyl (C=O) groups excluding carboxylic acids is 1. The van der Waals surface area contributed by atoms with Gasteiger partial charge in [0.1, 0.15) is 5.75 Å². The second kappa shape index (κ2) is 6.06. The summed E-state index contributed by atoms with van der Waals surface area (Å²) in [4.78, 5) is 13.6. The number of hydrogen-bond donors (Lipinski definition) is 1. The van der Waals surface area contributed by atoms with Gasteiger partial charge in [-0.3, -0.25) is 4.79 Å². The first-order chi connectivity index (χ1) is 9.10. The largest absolute Gasteiger partial charge is 0.496 e. The maximum atomic E-state index is 11.9. The van der Waals surface area contributed by atoms with Gasteiger partial charge >= 0.3 is 0 Å². The van der Waals surface area contributed by atoms with Crippen molar-refractivity contribution in [1.82, 2.24) is 4.90 Å². The van der Waals surface area contributed by atoms with Gasteiger partial charge in [0.05, 0.1) is 13.2 Å². The molecule has 19 heavy (non-hydrogen) atoms. The van der Waals surface area contributed by atoms with Crippen molar-refractivity contribution in [2.24, 2.45) is 5.92 Å². The molecule has 1 atom stereocenters. The maximum Gasteiger partial charge on any atom is 0.223 e. The number of carbonyl (C=O) groups is 1. The molecule has 1 saturated heterocycles. The number of amides is 1. The number of aliphatic hydroxyl groups is 1. The number of hydrogen-bond acceptors (Lipinski definition) is 3. The second-order valence-electron chi connectivity index (χ2n) is 5.28. The lowest BCUT2D eigenvalue weighted by Gasteiger charge is -2.36. The molecule has 1 unspecified atom stereocenters. The quantitative estimate of drug-likeness (QED) is 0.875. The highest BCUT2D eigenvalue weighted by Crippen LogP contribution is 2.23. The van der Waals surface area contributed by atoms with Crippen LogP contribution in [0.25, 0.3) is 0 Å². The molecule has 4 nitrogen and oxygen atoms in total. The average Bonchev–Trinajstić information content (AvgIpc) is 2.35. The summed E-state index contributed by atoms with van der Waals surface area (Å²) < 4.78 is 5.32. The summed E-state index contributed by atoms with van der Waals surface area (Å²) in [6.45, 7) is 3.04. The van der Waals surface area contributed by atoms with Crippen LogP contribution in [0.4, 0.5) is 0 Å². The molecule has 1 heterocycles. The highest BCUT2D eigenvalue weighted by molar-refractivity contribution is 5.77. The Kier molecular flexibility index (Phi) is 4.43. The van der Waals surface area contributed by atoms with Crippen LogP contribution in [0.5, 0.6) is 5.75 Å². The Morgan fingerprint density at radius 3 is 2.79 bits per heavy atom. The Hall–Kier alpha value is -1.55. The van der Waals surface area contributed by atoms with Crippen molar-refractivity contribution in [2.75, 3.05) is 20.2 Å². The lowest BCUT2D eigenvalue weighted by atomic mass is 9.96. The SMILES string of the molecule is COc1ccccc1CC(C)CC(=O)N1CC(O)C1. The van der Waals surface area contributed by atoms with Gasteiger partial charge in [-0.25, -0.2) is 0 Å². The number of β-amino-alcohol motifs (C(OH)–C–C–N with tert-alkyl or cyclic N) is 1. The first kappa shape index (κ1) is 13.9. The molecule has 0 aliphatic carbocycles. The summed E-state index contributed by atoms with van der Waals surface area (Å²) in [7, 11) is 1.66. The Bertz CT molecular complexity index is 441. The van der Waals surface area contributed by atoms with E-state index in [4.69, 9.17) is 4.74 Å². The zero-order valence-corrected chi connectivity index (χ0v) is 11.5. The van der Waals surface area contributed by atoms with Crippen molar-refractivity contribution in [3.8, 4) is 5.75 Å². The molecule has 1 aliphatic heterocycles. The first-order valence-electron chi connectivity index (χ1n) is 6.68. The topological polar surface area (TPSA) is 49.8 Å². The number of nitrogens with zero attached hydrogens (tertiary/aromatic N) is 1. The van der Waals surface area contributed by atoms with Gasteiger partial charge in [0.25, 0.3) is 0 Å². The van der Waals surface area contributed by atoms with E-state index >= 15 is 0 Å². The van der Waals surface area contributed by atoms with E-state index in [2.05, 4.69) is 6.92 Å². The van der Waals surface area contributed by atoms with Gasteiger partial charge in [-0.05, 0) is 24.0 Å². The second-order valence-corrected chi connectivity index (χ2v) is 5.28. The van der Waals surface area contributed by atoms with E-state index < -0.39 is 0 Å². The summed E-state index contributed by atoms with van der Waals surface area (Å²) in [6, 6.07) is 7.90. The van der Waals surface area contributed by atoms with Crippen molar-refractivity contribution in [2.45, 2.75) is 25.9 Å². The Labute approximate surface area is 114 Å². The minimum Gasteiger partial charge on any atom is -0.496 e. The van der Waals surface area contributed by atoms with E-state index in [-0.39, 0.29) is 17.9 Å². The van der Waals surface area contributed by atoms with Crippen LogP contribution in [-0.4, -0.2) is 42.2 Å². The fourth-order valence-corrected chi connectivity index (χ4v) is 2.41. The predicted octanol–water partition coefficient (Wildman–Crippen LogP) is 1.47. The standard InChI is InChI=1S/C15H21NO3/c1-11(8-15(18)16-9-13(17)10-16)7-12-5-3-4-6-14(12)19-2/h3-6,11,13,17H,7-10H2,1-2H3. The third-order valence-corrected chi connectivity index (χ3v) is 3.50. The van der Waals surface area contributed by atoms with E-state index in [1.807, 2.05) is 24.3 Å². The van der Waals surface area contributed by atoms with E-state index in [9.17, 15) is 9.90 Å². The summed E-state index contributed by atoms with van der Waals surface area (Å²) >= 11 is 0. The number of benzene rings is 1. The van der Waals surface area contributed by atoms with Crippen LogP contribution < -0.4 is 4.74 Å². The Morgan fingerprint density at radius 2 is 2.16 bits per heavy atom. The van der Waals surface area contributed by atoms with Gasteiger partial charge in [0, 0.05) is 19.5 Å². The molecule has 0 saturated carbocycles. The lowest BCUT2D eigenvalue weighted by molar-refractivity contribution is -0.142. The predicted molar refractivity (Wildman–Crippen MR) is 73.1 cm³/mol. The Balaban J connectivity index is 1.87. The molecule has 1 aromatic rings. The fraction of sp³-hybridized carbons (Fsp3) is 0.533. The maximum absolute atomic E-state index is 11.9. The van der Waals surface area contributed by atoms with Crippen LogP contribution in [0, 0.1) is 5.92 Å². The van der Waals surface area contributed by atoms with Gasteiger partial charge in [-0.1, -0.05) is 25.1 Å². The van der Waals surface area contributed by atoms with Crippen LogP contribution in [0.1, 0.15) is 18.9 Å². The van der Waals surface area contributed by atoms with Gasteiger partial charge in [-0.15, -0.1) is 0 Å². The first-order valence-corrected chi connectivity index (χ1v) is 6.68. The smallest absolute Gasteiger partial charge is 0.223 e. The highest BCUT2D eigenvalue weighted by Gasteiger charge is 2.29. The van der Waals surface area contributed by atoms with E-state index in [0.717, 1.165) is 17.7 Å². The molecule has 1 aliphatic rings. The fourth-order valence-electron chi connectivity index (χ4n) is 2.41. The molecular formula is C15H21NO3. The third kappa shape index (κ3) is 3.47. The summed E-state index contributed by atoms with van der Waals surface area (Å²) in [5, 5.41) is 9.19. The van der Waals surface area contributed by atoms with Crippen molar-refractivity contribution in [1.29, 1.82) is 0 Å². The zero-order chi connectivity index (χ0) is 13.8. The van der Waals surface area contributed by atoms with Crippen molar-refractivity contribution < 1.29 is 14.6 Å². The normalized spacial score (nSPS) is 16.9. The summed E-state index contributed by atoms with van der Waals surface area (Å²) in [6.07, 6.45) is 1.02.